The number of nitrogens with zero attached hydrogens (tertiary/aromatic N) is 3. The van der Waals surface area contributed by atoms with E-state index in [1.807, 2.05) is 31.2 Å². The Balaban J connectivity index is 1.41. The minimum Gasteiger partial charge on any atom is -0.493 e. The molecule has 6 N–H and O–H groups in total. The first kappa shape index (κ1) is 31.1. The highest BCUT2D eigenvalue weighted by Gasteiger charge is 2.47. The van der Waals surface area contributed by atoms with Gasteiger partial charge < -0.3 is 36.5 Å². The van der Waals surface area contributed by atoms with Gasteiger partial charge in [0.15, 0.2) is 5.96 Å². The second-order valence-electron chi connectivity index (χ2n) is 12.3. The third kappa shape index (κ3) is 7.23. The maximum atomic E-state index is 14.6. The Morgan fingerprint density at radius 1 is 1.09 bits per heavy atom. The van der Waals surface area contributed by atoms with Gasteiger partial charge in [-0.2, -0.15) is 0 Å². The van der Waals surface area contributed by atoms with Crippen molar-refractivity contribution in [3.05, 3.63) is 29.8 Å². The highest BCUT2D eigenvalue weighted by molar-refractivity contribution is 5.94. The molecule has 0 bridgehead atoms. The van der Waals surface area contributed by atoms with Crippen molar-refractivity contribution in [1.29, 1.82) is 0 Å². The number of hydrogen-bond acceptors (Lipinski definition) is 7. The minimum absolute atomic E-state index is 0.0273. The van der Waals surface area contributed by atoms with Crippen LogP contribution in [0.2, 0.25) is 0 Å². The van der Waals surface area contributed by atoms with Gasteiger partial charge in [-0.1, -0.05) is 37.5 Å². The summed E-state index contributed by atoms with van der Waals surface area (Å²) in [7, 11) is 0. The van der Waals surface area contributed by atoms with E-state index < -0.39 is 24.0 Å². The van der Waals surface area contributed by atoms with E-state index >= 15 is 0 Å². The SMILES string of the molecule is CCOC1CC2CN(C(=O)C(NC(=O)C(C)N=C(N)N)C3CCCCC3)C(C(=O)NC3CCOc4ccccc43)CN2C1. The molecule has 2 saturated heterocycles. The summed E-state index contributed by atoms with van der Waals surface area (Å²) in [6.45, 7) is 6.23. The van der Waals surface area contributed by atoms with Crippen molar-refractivity contribution in [2.45, 2.75) is 95.1 Å². The fourth-order valence-corrected chi connectivity index (χ4v) is 7.19. The third-order valence-electron chi connectivity index (χ3n) is 9.35. The fraction of sp³-hybridized carbons (Fsp3) is 0.677. The topological polar surface area (TPSA) is 165 Å². The van der Waals surface area contributed by atoms with Crippen LogP contribution in [0.1, 0.15) is 70.4 Å². The summed E-state index contributed by atoms with van der Waals surface area (Å²) in [5.74, 6) is -0.269. The second kappa shape index (κ2) is 13.9. The van der Waals surface area contributed by atoms with Crippen LogP contribution in [-0.2, 0) is 19.1 Å². The quantitative estimate of drug-likeness (QED) is 0.242. The molecule has 3 heterocycles. The number of hydrogen-bond donors (Lipinski definition) is 4. The fourth-order valence-electron chi connectivity index (χ4n) is 7.19. The van der Waals surface area contributed by atoms with E-state index in [0.717, 1.165) is 56.4 Å². The molecule has 1 saturated carbocycles. The number of nitrogens with one attached hydrogen (secondary N) is 2. The van der Waals surface area contributed by atoms with E-state index in [2.05, 4.69) is 20.5 Å². The van der Waals surface area contributed by atoms with Crippen molar-refractivity contribution >= 4 is 23.7 Å². The maximum Gasteiger partial charge on any atom is 0.246 e. The summed E-state index contributed by atoms with van der Waals surface area (Å²) in [4.78, 5) is 49.8. The minimum atomic E-state index is -0.838. The van der Waals surface area contributed by atoms with Gasteiger partial charge in [0.05, 0.1) is 18.8 Å². The van der Waals surface area contributed by atoms with Crippen molar-refractivity contribution in [1.82, 2.24) is 20.4 Å². The number of para-hydroxylation sites is 1. The Morgan fingerprint density at radius 2 is 1.86 bits per heavy atom. The number of nitrogens with two attached hydrogens (primary N) is 2. The summed E-state index contributed by atoms with van der Waals surface area (Å²) in [6.07, 6.45) is 6.25. The number of piperazine rings is 1. The highest BCUT2D eigenvalue weighted by Crippen LogP contribution is 2.34. The lowest BCUT2D eigenvalue weighted by atomic mass is 9.82. The number of guanidine groups is 1. The summed E-state index contributed by atoms with van der Waals surface area (Å²) < 4.78 is 11.8. The first-order chi connectivity index (χ1) is 20.7. The molecule has 1 aromatic carbocycles. The Bertz CT molecular complexity index is 1180. The van der Waals surface area contributed by atoms with Crippen LogP contribution in [0.3, 0.4) is 0 Å². The smallest absolute Gasteiger partial charge is 0.246 e. The van der Waals surface area contributed by atoms with Crippen LogP contribution >= 0.6 is 0 Å². The predicted octanol–water partition coefficient (Wildman–Crippen LogP) is 1.04. The van der Waals surface area contributed by atoms with E-state index in [4.69, 9.17) is 20.9 Å². The van der Waals surface area contributed by atoms with E-state index in [0.29, 0.717) is 32.7 Å². The molecule has 4 aliphatic rings. The van der Waals surface area contributed by atoms with Gasteiger partial charge in [-0.25, -0.2) is 4.99 Å². The van der Waals surface area contributed by atoms with E-state index in [9.17, 15) is 14.4 Å². The molecule has 12 heteroatoms. The number of ether oxygens (including phenoxy) is 2. The molecule has 236 valence electrons. The molecule has 6 unspecified atom stereocenters. The second-order valence-corrected chi connectivity index (χ2v) is 12.3. The Labute approximate surface area is 253 Å². The number of carbonyl (C=O) groups is 3. The zero-order valence-corrected chi connectivity index (χ0v) is 25.4. The molecule has 3 fully saturated rings. The first-order valence-electron chi connectivity index (χ1n) is 15.8. The van der Waals surface area contributed by atoms with Crippen LogP contribution in [0.25, 0.3) is 0 Å². The Kier molecular flexibility index (Phi) is 10.1. The molecule has 6 atom stereocenters. The molecule has 5 rings (SSSR count). The van der Waals surface area contributed by atoms with Crippen molar-refractivity contribution in [3.63, 3.8) is 0 Å². The lowest BCUT2D eigenvalue weighted by Crippen LogP contribution is -2.66. The molecule has 1 aliphatic carbocycles. The molecular formula is C31H47N7O5. The predicted molar refractivity (Wildman–Crippen MR) is 162 cm³/mol. The van der Waals surface area contributed by atoms with Gasteiger partial charge in [0.2, 0.25) is 17.7 Å². The van der Waals surface area contributed by atoms with Gasteiger partial charge in [-0.15, -0.1) is 0 Å². The number of rotatable bonds is 9. The van der Waals surface area contributed by atoms with E-state index in [1.54, 1.807) is 11.8 Å². The largest absolute Gasteiger partial charge is 0.493 e. The number of amides is 3. The van der Waals surface area contributed by atoms with Crippen molar-refractivity contribution < 1.29 is 23.9 Å². The average molecular weight is 598 g/mol. The molecular weight excluding hydrogens is 550 g/mol. The normalized spacial score (nSPS) is 27.2. The lowest BCUT2D eigenvalue weighted by molar-refractivity contribution is -0.149. The molecule has 0 spiro atoms. The Morgan fingerprint density at radius 3 is 2.60 bits per heavy atom. The van der Waals surface area contributed by atoms with Gasteiger partial charge in [-0.05, 0) is 45.1 Å². The summed E-state index contributed by atoms with van der Waals surface area (Å²) >= 11 is 0. The van der Waals surface area contributed by atoms with E-state index in [-0.39, 0.29) is 41.9 Å². The van der Waals surface area contributed by atoms with Crippen LogP contribution in [0.5, 0.6) is 5.75 Å². The summed E-state index contributed by atoms with van der Waals surface area (Å²) in [6, 6.07) is 5.29. The summed E-state index contributed by atoms with van der Waals surface area (Å²) in [5, 5.41) is 6.24. The molecule has 3 amide bonds. The highest BCUT2D eigenvalue weighted by atomic mass is 16.5. The molecule has 1 aromatic rings. The van der Waals surface area contributed by atoms with Gasteiger partial charge in [0.25, 0.3) is 0 Å². The molecule has 0 aromatic heterocycles. The zero-order valence-electron chi connectivity index (χ0n) is 25.4. The van der Waals surface area contributed by atoms with Gasteiger partial charge in [-0.3, -0.25) is 19.3 Å². The van der Waals surface area contributed by atoms with Crippen LogP contribution in [0, 0.1) is 5.92 Å². The van der Waals surface area contributed by atoms with Crippen LogP contribution in [-0.4, -0.2) is 96.6 Å². The van der Waals surface area contributed by atoms with Crippen LogP contribution in [0.15, 0.2) is 29.3 Å². The third-order valence-corrected chi connectivity index (χ3v) is 9.35. The monoisotopic (exact) mass is 597 g/mol. The van der Waals surface area contributed by atoms with Crippen molar-refractivity contribution in [2.75, 3.05) is 32.8 Å². The van der Waals surface area contributed by atoms with E-state index in [1.165, 1.54) is 0 Å². The first-order valence-corrected chi connectivity index (χ1v) is 15.8. The lowest BCUT2D eigenvalue weighted by Gasteiger charge is -2.45. The van der Waals surface area contributed by atoms with Crippen molar-refractivity contribution in [2.24, 2.45) is 22.4 Å². The van der Waals surface area contributed by atoms with Crippen LogP contribution in [0.4, 0.5) is 0 Å². The molecule has 12 nitrogen and oxygen atoms in total. The molecule has 0 radical (unpaired) electrons. The summed E-state index contributed by atoms with van der Waals surface area (Å²) in [5.41, 5.74) is 12.0. The number of aliphatic imine (C=N–C) groups is 1. The molecule has 43 heavy (non-hydrogen) atoms. The number of carbonyl (C=O) groups excluding carboxylic acids is 3. The average Bonchev–Trinajstić information content (AvgIpc) is 3.40. The molecule has 3 aliphatic heterocycles. The zero-order chi connectivity index (χ0) is 30.5. The maximum absolute atomic E-state index is 14.6. The van der Waals surface area contributed by atoms with Gasteiger partial charge in [0.1, 0.15) is 23.9 Å². The van der Waals surface area contributed by atoms with Gasteiger partial charge in [0, 0.05) is 44.3 Å². The number of benzene rings is 1. The van der Waals surface area contributed by atoms with Gasteiger partial charge >= 0.3 is 0 Å². The Hall–Kier alpha value is -3.38. The van der Waals surface area contributed by atoms with Crippen molar-refractivity contribution in [3.8, 4) is 5.75 Å². The van der Waals surface area contributed by atoms with Crippen LogP contribution < -0.4 is 26.8 Å². The number of fused-ring (bicyclic) bond motifs is 2. The standard InChI is InChI=1S/C31H47N7O5/c1-3-42-22-15-21-16-38(30(41)27(20-9-5-4-6-10-20)36-28(39)19(2)34-31(32)33)25(18-37(21)17-22)29(40)35-24-13-14-43-26-12-8-7-11-23(24)26/h7-8,11-12,19-22,24-25,27H,3-6,9-10,13-18H2,1-2H3,(H,35,40)(H,36,39)(H4,32,33,34).